The zero-order valence-corrected chi connectivity index (χ0v) is 16.0. The van der Waals surface area contributed by atoms with E-state index in [9.17, 15) is 4.39 Å². The van der Waals surface area contributed by atoms with E-state index >= 15 is 0 Å². The van der Waals surface area contributed by atoms with Crippen LogP contribution in [0.15, 0.2) is 42.5 Å². The van der Waals surface area contributed by atoms with Crippen molar-refractivity contribution in [1.29, 1.82) is 0 Å². The third-order valence-corrected chi connectivity index (χ3v) is 6.10. The number of hydrogen-bond donors (Lipinski definition) is 1. The van der Waals surface area contributed by atoms with E-state index in [1.54, 1.807) is 17.4 Å². The van der Waals surface area contributed by atoms with Crippen LogP contribution >= 0.6 is 11.3 Å². The summed E-state index contributed by atoms with van der Waals surface area (Å²) in [7, 11) is 0. The predicted octanol–water partition coefficient (Wildman–Crippen LogP) is 4.66. The van der Waals surface area contributed by atoms with Crippen molar-refractivity contribution in [1.82, 2.24) is 9.97 Å². The molecule has 28 heavy (non-hydrogen) atoms. The Hall–Kier alpha value is -2.51. The number of nitrogens with one attached hydrogen (secondary N) is 1. The zero-order chi connectivity index (χ0) is 18.9. The highest BCUT2D eigenvalue weighted by atomic mass is 32.1. The Bertz CT molecular complexity index is 996. The summed E-state index contributed by atoms with van der Waals surface area (Å²) in [6.07, 6.45) is 4.52. The van der Waals surface area contributed by atoms with Crippen LogP contribution in [-0.2, 0) is 4.74 Å². The second-order valence-corrected chi connectivity index (χ2v) is 8.11. The summed E-state index contributed by atoms with van der Waals surface area (Å²) in [4.78, 5) is 8.62. The van der Waals surface area contributed by atoms with E-state index in [2.05, 4.69) is 21.4 Å². The number of anilines is 1. The van der Waals surface area contributed by atoms with Crippen LogP contribution in [0.4, 0.5) is 9.52 Å². The van der Waals surface area contributed by atoms with Crippen LogP contribution in [0, 0.1) is 5.95 Å². The number of hydrogen-bond acceptors (Lipinski definition) is 6. The molecular weight excluding hydrogens is 377 g/mol. The number of nitrogens with zero attached hydrogens (tertiary/aromatic N) is 2. The van der Waals surface area contributed by atoms with Gasteiger partial charge in [-0.25, -0.2) is 4.98 Å². The molecule has 5 rings (SSSR count). The summed E-state index contributed by atoms with van der Waals surface area (Å²) in [5.41, 5.74) is 2.99. The molecule has 5 nitrogen and oxygen atoms in total. The highest BCUT2D eigenvalue weighted by Crippen LogP contribution is 2.34. The van der Waals surface area contributed by atoms with Crippen LogP contribution in [0.3, 0.4) is 0 Å². The molecule has 0 atom stereocenters. The second-order valence-electron chi connectivity index (χ2n) is 7.08. The van der Waals surface area contributed by atoms with Crippen LogP contribution in [0.25, 0.3) is 15.8 Å². The lowest BCUT2D eigenvalue weighted by Crippen LogP contribution is -2.42. The van der Waals surface area contributed by atoms with Gasteiger partial charge in [-0.15, -0.1) is 0 Å². The fourth-order valence-corrected chi connectivity index (χ4v) is 4.51. The van der Waals surface area contributed by atoms with E-state index in [1.807, 2.05) is 24.3 Å². The maximum atomic E-state index is 13.7. The van der Waals surface area contributed by atoms with E-state index in [-0.39, 0.29) is 6.10 Å². The van der Waals surface area contributed by atoms with Crippen LogP contribution < -0.4 is 10.1 Å². The molecule has 1 aliphatic carbocycles. The van der Waals surface area contributed by atoms with Crippen molar-refractivity contribution < 1.29 is 13.9 Å². The summed E-state index contributed by atoms with van der Waals surface area (Å²) in [6.45, 7) is 1.24. The molecule has 7 heteroatoms. The normalized spacial score (nSPS) is 21.8. The van der Waals surface area contributed by atoms with Gasteiger partial charge in [0.1, 0.15) is 6.10 Å². The summed E-state index contributed by atoms with van der Waals surface area (Å²) in [5, 5.41) is 4.41. The quantitative estimate of drug-likeness (QED) is 0.635. The molecule has 3 heterocycles. The first-order valence-electron chi connectivity index (χ1n) is 9.47. The smallest absolute Gasteiger partial charge is 0.223 e. The third-order valence-electron chi connectivity index (χ3n) is 5.13. The summed E-state index contributed by atoms with van der Waals surface area (Å²) >= 11 is 1.66. The molecule has 2 aliphatic rings. The molecule has 1 N–H and O–H groups in total. The van der Waals surface area contributed by atoms with E-state index in [1.165, 1.54) is 10.8 Å². The Labute approximate surface area is 166 Å². The number of rotatable bonds is 5. The van der Waals surface area contributed by atoms with E-state index < -0.39 is 5.95 Å². The summed E-state index contributed by atoms with van der Waals surface area (Å²) in [5.74, 6) is -0.133. The number of para-hydroxylation sites is 1. The second kappa shape index (κ2) is 7.48. The molecule has 0 amide bonds. The molecule has 0 saturated heterocycles. The van der Waals surface area contributed by atoms with Gasteiger partial charge in [0, 0.05) is 24.4 Å². The van der Waals surface area contributed by atoms with Gasteiger partial charge in [-0.1, -0.05) is 29.5 Å². The van der Waals surface area contributed by atoms with Gasteiger partial charge in [0.25, 0.3) is 0 Å². The van der Waals surface area contributed by atoms with Crippen LogP contribution in [-0.4, -0.2) is 35.3 Å². The topological polar surface area (TPSA) is 56.3 Å². The van der Waals surface area contributed by atoms with Crippen molar-refractivity contribution in [2.24, 2.45) is 0 Å². The lowest BCUT2D eigenvalue weighted by atomic mass is 9.89. The van der Waals surface area contributed by atoms with Gasteiger partial charge >= 0.3 is 0 Å². The molecule has 0 spiro atoms. The molecule has 2 aromatic heterocycles. The molecule has 0 unspecified atom stereocenters. The monoisotopic (exact) mass is 397 g/mol. The molecule has 0 bridgehead atoms. The summed E-state index contributed by atoms with van der Waals surface area (Å²) in [6, 6.07) is 11.6. The SMILES string of the molecule is Fc1ccc(C2=CCOCC2)c(O[C@H]2C[C@@H](Nc3nc4ccccc4s3)C2)n1. The lowest BCUT2D eigenvalue weighted by molar-refractivity contribution is 0.101. The Kier molecular flexibility index (Phi) is 4.70. The molecule has 3 aromatic rings. The highest BCUT2D eigenvalue weighted by molar-refractivity contribution is 7.22. The summed E-state index contributed by atoms with van der Waals surface area (Å²) < 4.78 is 26.3. The Morgan fingerprint density at radius 1 is 1.14 bits per heavy atom. The van der Waals surface area contributed by atoms with E-state index in [0.29, 0.717) is 25.1 Å². The molecule has 1 saturated carbocycles. The Morgan fingerprint density at radius 2 is 2.04 bits per heavy atom. The first-order valence-corrected chi connectivity index (χ1v) is 10.3. The minimum absolute atomic E-state index is 0.0281. The molecule has 1 aliphatic heterocycles. The number of benzene rings is 1. The number of thiazole rings is 1. The fraction of sp³-hybridized carbons (Fsp3) is 0.333. The standard InChI is InChI=1S/C21H20FN3O2S/c22-19-6-5-16(13-7-9-26-10-8-13)20(25-19)27-15-11-14(12-15)23-21-24-17-3-1-2-4-18(17)28-21/h1-7,14-15H,8-12H2,(H,23,24)/t14-,15+. The fourth-order valence-electron chi connectivity index (χ4n) is 3.57. The van der Waals surface area contributed by atoms with Crippen molar-refractivity contribution in [3.63, 3.8) is 0 Å². The molecule has 1 fully saturated rings. The van der Waals surface area contributed by atoms with Gasteiger partial charge in [-0.3, -0.25) is 0 Å². The van der Waals surface area contributed by atoms with E-state index in [0.717, 1.165) is 41.0 Å². The maximum Gasteiger partial charge on any atom is 0.223 e. The molecular formula is C21H20FN3O2S. The van der Waals surface area contributed by atoms with Crippen molar-refractivity contribution in [3.8, 4) is 5.88 Å². The Morgan fingerprint density at radius 3 is 2.86 bits per heavy atom. The van der Waals surface area contributed by atoms with Gasteiger partial charge in [-0.2, -0.15) is 9.37 Å². The van der Waals surface area contributed by atoms with Gasteiger partial charge in [-0.05, 0) is 36.3 Å². The number of pyridine rings is 1. The zero-order valence-electron chi connectivity index (χ0n) is 15.2. The van der Waals surface area contributed by atoms with Gasteiger partial charge in [0.15, 0.2) is 5.13 Å². The van der Waals surface area contributed by atoms with Crippen molar-refractivity contribution in [2.45, 2.75) is 31.4 Å². The van der Waals surface area contributed by atoms with Crippen LogP contribution in [0.5, 0.6) is 5.88 Å². The number of ether oxygens (including phenoxy) is 2. The van der Waals surface area contributed by atoms with Gasteiger partial charge < -0.3 is 14.8 Å². The number of aromatic nitrogens is 2. The maximum absolute atomic E-state index is 13.7. The number of halogens is 1. The molecule has 1 aromatic carbocycles. The number of fused-ring (bicyclic) bond motifs is 1. The van der Waals surface area contributed by atoms with Crippen molar-refractivity contribution in [3.05, 3.63) is 54.0 Å². The molecule has 144 valence electrons. The van der Waals surface area contributed by atoms with Crippen molar-refractivity contribution in [2.75, 3.05) is 18.5 Å². The average Bonchev–Trinajstić information content (AvgIpc) is 3.10. The minimum atomic E-state index is -0.519. The Balaban J connectivity index is 1.24. The largest absolute Gasteiger partial charge is 0.474 e. The average molecular weight is 397 g/mol. The van der Waals surface area contributed by atoms with Crippen LogP contribution in [0.2, 0.25) is 0 Å². The predicted molar refractivity (Wildman–Crippen MR) is 108 cm³/mol. The van der Waals surface area contributed by atoms with Crippen LogP contribution in [0.1, 0.15) is 24.8 Å². The lowest BCUT2D eigenvalue weighted by Gasteiger charge is -2.35. The molecule has 0 radical (unpaired) electrons. The first kappa shape index (κ1) is 17.6. The third kappa shape index (κ3) is 3.59. The first-order chi connectivity index (χ1) is 13.7. The minimum Gasteiger partial charge on any atom is -0.474 e. The van der Waals surface area contributed by atoms with Gasteiger partial charge in [0.05, 0.1) is 23.4 Å². The van der Waals surface area contributed by atoms with E-state index in [4.69, 9.17) is 9.47 Å². The van der Waals surface area contributed by atoms with Crippen molar-refractivity contribution >= 4 is 32.3 Å². The van der Waals surface area contributed by atoms with Gasteiger partial charge in [0.2, 0.25) is 11.8 Å². The highest BCUT2D eigenvalue weighted by Gasteiger charge is 2.32.